The number of esters is 1. The van der Waals surface area contributed by atoms with Crippen molar-refractivity contribution in [2.24, 2.45) is 0 Å². The summed E-state index contributed by atoms with van der Waals surface area (Å²) >= 11 is 7.16. The minimum Gasteiger partial charge on any atom is -0.467 e. The molecule has 1 aliphatic rings. The van der Waals surface area contributed by atoms with Crippen LogP contribution in [0.15, 0.2) is 11.4 Å². The number of thiophene rings is 1. The summed E-state index contributed by atoms with van der Waals surface area (Å²) in [5, 5.41) is 1.93. The number of ether oxygens (including phenoxy) is 1. The first kappa shape index (κ1) is 12.4. The van der Waals surface area contributed by atoms with Crippen LogP contribution >= 0.6 is 22.9 Å². The number of carbonyl (C=O) groups excluding carboxylic acids is 2. The fourth-order valence-electron chi connectivity index (χ4n) is 2.03. The zero-order valence-electron chi connectivity index (χ0n) is 9.31. The first-order chi connectivity index (χ1) is 8.19. The van der Waals surface area contributed by atoms with Gasteiger partial charge in [0.15, 0.2) is 6.04 Å². The van der Waals surface area contributed by atoms with Crippen molar-refractivity contribution < 1.29 is 14.3 Å². The van der Waals surface area contributed by atoms with Crippen molar-refractivity contribution in [2.75, 3.05) is 19.5 Å². The van der Waals surface area contributed by atoms with Crippen molar-refractivity contribution in [3.8, 4) is 0 Å². The van der Waals surface area contributed by atoms with Crippen LogP contribution < -0.4 is 0 Å². The number of halogens is 1. The molecule has 0 bridgehead atoms. The summed E-state index contributed by atoms with van der Waals surface area (Å²) < 4.78 is 4.77. The number of carbonyl (C=O) groups is 2. The van der Waals surface area contributed by atoms with Gasteiger partial charge in [-0.3, -0.25) is 4.79 Å². The predicted molar refractivity (Wildman–Crippen MR) is 65.2 cm³/mol. The standard InChI is InChI=1S/C11H12ClNO3S/c1-16-11(15)10-7-3-5-17-8(7)2-4-13(10)9(14)6-12/h3,5,10H,2,4,6H2,1H3. The summed E-state index contributed by atoms with van der Waals surface area (Å²) in [6, 6.07) is 1.23. The zero-order chi connectivity index (χ0) is 12.4. The molecule has 0 radical (unpaired) electrons. The molecule has 0 N–H and O–H groups in total. The molecule has 1 aliphatic heterocycles. The molecule has 0 fully saturated rings. The lowest BCUT2D eigenvalue weighted by Gasteiger charge is -2.33. The van der Waals surface area contributed by atoms with Crippen LogP contribution in [-0.2, 0) is 20.7 Å². The van der Waals surface area contributed by atoms with Crippen molar-refractivity contribution in [3.63, 3.8) is 0 Å². The van der Waals surface area contributed by atoms with Crippen LogP contribution in [0.25, 0.3) is 0 Å². The maximum absolute atomic E-state index is 11.8. The molecular weight excluding hydrogens is 262 g/mol. The molecule has 1 unspecified atom stereocenters. The number of fused-ring (bicyclic) bond motifs is 1. The molecule has 0 saturated heterocycles. The van der Waals surface area contributed by atoms with Crippen LogP contribution in [0.5, 0.6) is 0 Å². The Labute approximate surface area is 108 Å². The van der Waals surface area contributed by atoms with E-state index in [0.717, 1.165) is 16.9 Å². The van der Waals surface area contributed by atoms with Crippen molar-refractivity contribution >= 4 is 34.8 Å². The maximum Gasteiger partial charge on any atom is 0.333 e. The predicted octanol–water partition coefficient (Wildman–Crippen LogP) is 1.59. The average molecular weight is 274 g/mol. The fraction of sp³-hybridized carbons (Fsp3) is 0.455. The number of hydrogen-bond acceptors (Lipinski definition) is 4. The van der Waals surface area contributed by atoms with E-state index < -0.39 is 12.0 Å². The van der Waals surface area contributed by atoms with E-state index in [4.69, 9.17) is 16.3 Å². The van der Waals surface area contributed by atoms with Gasteiger partial charge in [0, 0.05) is 11.4 Å². The molecule has 1 amide bonds. The van der Waals surface area contributed by atoms with E-state index >= 15 is 0 Å². The van der Waals surface area contributed by atoms with Gasteiger partial charge in [0.25, 0.3) is 0 Å². The Morgan fingerprint density at radius 2 is 2.41 bits per heavy atom. The minimum absolute atomic E-state index is 0.118. The minimum atomic E-state index is -0.638. The first-order valence-corrected chi connectivity index (χ1v) is 6.60. The van der Waals surface area contributed by atoms with E-state index in [1.807, 2.05) is 11.4 Å². The van der Waals surface area contributed by atoms with Crippen LogP contribution in [0.3, 0.4) is 0 Å². The molecular formula is C11H12ClNO3S. The summed E-state index contributed by atoms with van der Waals surface area (Å²) in [5.74, 6) is -0.769. The van der Waals surface area contributed by atoms with E-state index in [9.17, 15) is 9.59 Å². The zero-order valence-corrected chi connectivity index (χ0v) is 10.9. The number of amides is 1. The summed E-state index contributed by atoms with van der Waals surface area (Å²) in [7, 11) is 1.33. The Bertz CT molecular complexity index is 446. The van der Waals surface area contributed by atoms with Gasteiger partial charge in [-0.15, -0.1) is 22.9 Å². The lowest BCUT2D eigenvalue weighted by Crippen LogP contribution is -2.44. The molecule has 92 valence electrons. The fourth-order valence-corrected chi connectivity index (χ4v) is 3.08. The van der Waals surface area contributed by atoms with Crippen LogP contribution in [0.2, 0.25) is 0 Å². The Morgan fingerprint density at radius 1 is 1.65 bits per heavy atom. The number of rotatable bonds is 2. The van der Waals surface area contributed by atoms with Crippen molar-refractivity contribution in [3.05, 3.63) is 21.9 Å². The highest BCUT2D eigenvalue weighted by Crippen LogP contribution is 2.34. The van der Waals surface area contributed by atoms with Crippen molar-refractivity contribution in [2.45, 2.75) is 12.5 Å². The van der Waals surface area contributed by atoms with E-state index in [0.29, 0.717) is 6.54 Å². The highest BCUT2D eigenvalue weighted by Gasteiger charge is 2.36. The Hall–Kier alpha value is -1.07. The van der Waals surface area contributed by atoms with E-state index in [2.05, 4.69) is 0 Å². The molecule has 6 heteroatoms. The van der Waals surface area contributed by atoms with E-state index in [1.54, 1.807) is 11.3 Å². The number of hydrogen-bond donors (Lipinski definition) is 0. The summed E-state index contributed by atoms with van der Waals surface area (Å²) in [5.41, 5.74) is 0.867. The van der Waals surface area contributed by atoms with Gasteiger partial charge >= 0.3 is 5.97 Å². The van der Waals surface area contributed by atoms with Gasteiger partial charge in [0.2, 0.25) is 5.91 Å². The third kappa shape index (κ3) is 2.17. The summed E-state index contributed by atoms with van der Waals surface area (Å²) in [4.78, 5) is 26.2. The van der Waals surface area contributed by atoms with Gasteiger partial charge in [0.1, 0.15) is 5.88 Å². The number of alkyl halides is 1. The van der Waals surface area contributed by atoms with Crippen molar-refractivity contribution in [1.82, 2.24) is 4.90 Å². The van der Waals surface area contributed by atoms with Crippen LogP contribution in [0, 0.1) is 0 Å². The SMILES string of the molecule is COC(=O)C1c2ccsc2CCN1C(=O)CCl. The second kappa shape index (κ2) is 5.06. The summed E-state index contributed by atoms with van der Waals surface area (Å²) in [6.45, 7) is 0.513. The van der Waals surface area contributed by atoms with E-state index in [-0.39, 0.29) is 11.8 Å². The van der Waals surface area contributed by atoms with Crippen LogP contribution in [-0.4, -0.2) is 36.3 Å². The van der Waals surface area contributed by atoms with Gasteiger partial charge in [-0.2, -0.15) is 0 Å². The molecule has 0 aliphatic carbocycles. The molecule has 1 aromatic heterocycles. The van der Waals surface area contributed by atoms with Gasteiger partial charge < -0.3 is 9.64 Å². The first-order valence-electron chi connectivity index (χ1n) is 5.18. The monoisotopic (exact) mass is 273 g/mol. The Kier molecular flexibility index (Phi) is 3.69. The third-order valence-electron chi connectivity index (χ3n) is 2.83. The highest BCUT2D eigenvalue weighted by molar-refractivity contribution is 7.10. The molecule has 4 nitrogen and oxygen atoms in total. The molecule has 0 spiro atoms. The lowest BCUT2D eigenvalue weighted by atomic mass is 10.00. The van der Waals surface area contributed by atoms with Gasteiger partial charge in [0.05, 0.1) is 7.11 Å². The average Bonchev–Trinajstić information content (AvgIpc) is 2.83. The second-order valence-corrected chi connectivity index (χ2v) is 4.96. The van der Waals surface area contributed by atoms with E-state index in [1.165, 1.54) is 12.0 Å². The molecule has 1 aromatic rings. The normalized spacial score (nSPS) is 18.7. The van der Waals surface area contributed by atoms with Gasteiger partial charge in [-0.1, -0.05) is 0 Å². The quantitative estimate of drug-likeness (QED) is 0.607. The highest BCUT2D eigenvalue weighted by atomic mass is 35.5. The summed E-state index contributed by atoms with van der Waals surface area (Å²) in [6.07, 6.45) is 0.767. The van der Waals surface area contributed by atoms with Gasteiger partial charge in [-0.05, 0) is 23.4 Å². The number of methoxy groups -OCH3 is 1. The molecule has 0 aromatic carbocycles. The molecule has 0 saturated carbocycles. The largest absolute Gasteiger partial charge is 0.467 e. The van der Waals surface area contributed by atoms with Crippen LogP contribution in [0.4, 0.5) is 0 Å². The Balaban J connectivity index is 2.37. The van der Waals surface area contributed by atoms with Crippen LogP contribution in [0.1, 0.15) is 16.5 Å². The Morgan fingerprint density at radius 3 is 3.06 bits per heavy atom. The molecule has 2 heterocycles. The topological polar surface area (TPSA) is 46.6 Å². The maximum atomic E-state index is 11.8. The smallest absolute Gasteiger partial charge is 0.333 e. The molecule has 2 rings (SSSR count). The number of nitrogens with zero attached hydrogens (tertiary/aromatic N) is 1. The van der Waals surface area contributed by atoms with Crippen molar-refractivity contribution in [1.29, 1.82) is 0 Å². The molecule has 17 heavy (non-hydrogen) atoms. The lowest BCUT2D eigenvalue weighted by molar-refractivity contribution is -0.153. The van der Waals surface area contributed by atoms with Gasteiger partial charge in [-0.25, -0.2) is 4.79 Å². The third-order valence-corrected chi connectivity index (χ3v) is 4.05. The second-order valence-electron chi connectivity index (χ2n) is 3.70. The molecule has 1 atom stereocenters.